The average molecular weight is 392 g/mol. The predicted octanol–water partition coefficient (Wildman–Crippen LogP) is 1.69. The zero-order valence-electron chi connectivity index (χ0n) is 12.7. The van der Waals surface area contributed by atoms with Gasteiger partial charge in [-0.25, -0.2) is 18.4 Å². The summed E-state index contributed by atoms with van der Waals surface area (Å²) < 4.78 is 29.1. The lowest BCUT2D eigenvalue weighted by Crippen LogP contribution is -2.17. The maximum absolute atomic E-state index is 13.3. The summed E-state index contributed by atoms with van der Waals surface area (Å²) in [6.45, 7) is 0.855. The van der Waals surface area contributed by atoms with Crippen LogP contribution in [0.4, 0.5) is 4.39 Å². The van der Waals surface area contributed by atoms with Crippen molar-refractivity contribution in [1.82, 2.24) is 25.4 Å². The van der Waals surface area contributed by atoms with E-state index < -0.39 is 11.6 Å². The van der Waals surface area contributed by atoms with Gasteiger partial charge in [-0.3, -0.25) is 4.52 Å². The van der Waals surface area contributed by atoms with Gasteiger partial charge in [0.15, 0.2) is 0 Å². The highest BCUT2D eigenvalue weighted by atomic mass is 35.5. The number of ether oxygens (including phenoxy) is 1. The van der Waals surface area contributed by atoms with Crippen molar-refractivity contribution in [2.45, 2.75) is 0 Å². The van der Waals surface area contributed by atoms with Crippen LogP contribution >= 0.6 is 24.0 Å². The molecule has 0 radical (unpaired) electrons. The monoisotopic (exact) mass is 391 g/mol. The highest BCUT2D eigenvalue weighted by molar-refractivity contribution is 6.30. The summed E-state index contributed by atoms with van der Waals surface area (Å²) >= 11 is 5.76. The summed E-state index contributed by atoms with van der Waals surface area (Å²) in [5.74, 6) is -1.40. The zero-order chi connectivity index (χ0) is 17.1. The molecular formula is C13H12Cl2FN5O4. The van der Waals surface area contributed by atoms with Crippen molar-refractivity contribution in [3.05, 3.63) is 39.6 Å². The van der Waals surface area contributed by atoms with E-state index in [0.717, 1.165) is 10.6 Å². The van der Waals surface area contributed by atoms with Crippen LogP contribution in [-0.4, -0.2) is 40.2 Å². The minimum absolute atomic E-state index is 0. The Balaban J connectivity index is 0.00000225. The van der Waals surface area contributed by atoms with Crippen LogP contribution in [0.2, 0.25) is 5.02 Å². The maximum atomic E-state index is 13.3. The first kappa shape index (κ1) is 18.9. The van der Waals surface area contributed by atoms with Gasteiger partial charge in [0.1, 0.15) is 12.4 Å². The van der Waals surface area contributed by atoms with Crippen LogP contribution in [0, 0.1) is 5.82 Å². The molecule has 3 aromatic rings. The van der Waals surface area contributed by atoms with Crippen LogP contribution < -0.4 is 15.8 Å². The molecule has 0 aliphatic heterocycles. The van der Waals surface area contributed by atoms with E-state index in [4.69, 9.17) is 16.3 Å². The van der Waals surface area contributed by atoms with Crippen molar-refractivity contribution in [1.29, 1.82) is 0 Å². The predicted molar refractivity (Wildman–Crippen MR) is 87.0 cm³/mol. The molecule has 0 amide bonds. The Labute approximate surface area is 151 Å². The minimum atomic E-state index is -0.808. The summed E-state index contributed by atoms with van der Waals surface area (Å²) in [5.41, 5.74) is 0.309. The van der Waals surface area contributed by atoms with Gasteiger partial charge in [-0.15, -0.1) is 12.4 Å². The van der Waals surface area contributed by atoms with Gasteiger partial charge < -0.3 is 10.1 Å². The van der Waals surface area contributed by atoms with Gasteiger partial charge in [0, 0.05) is 6.54 Å². The molecule has 1 N–H and O–H groups in total. The largest absolute Gasteiger partial charge is 0.472 e. The van der Waals surface area contributed by atoms with E-state index in [2.05, 4.69) is 29.9 Å². The first-order valence-electron chi connectivity index (χ1n) is 6.76. The fourth-order valence-electron chi connectivity index (χ4n) is 1.91. The molecule has 25 heavy (non-hydrogen) atoms. The molecule has 0 aliphatic carbocycles. The quantitative estimate of drug-likeness (QED) is 0.632. The number of benzene rings is 1. The van der Waals surface area contributed by atoms with Gasteiger partial charge in [-0.05, 0) is 35.6 Å². The summed E-state index contributed by atoms with van der Waals surface area (Å²) in [6.07, 6.45) is 0. The van der Waals surface area contributed by atoms with Gasteiger partial charge >= 0.3 is 5.76 Å². The Hall–Kier alpha value is -2.43. The van der Waals surface area contributed by atoms with E-state index in [0.29, 0.717) is 13.2 Å². The van der Waals surface area contributed by atoms with E-state index in [9.17, 15) is 9.18 Å². The zero-order valence-corrected chi connectivity index (χ0v) is 14.3. The second kappa shape index (κ2) is 8.10. The van der Waals surface area contributed by atoms with Crippen molar-refractivity contribution >= 4 is 24.0 Å². The molecule has 0 saturated heterocycles. The number of nitrogens with zero attached hydrogens (tertiary/aromatic N) is 4. The van der Waals surface area contributed by atoms with E-state index in [1.165, 1.54) is 12.1 Å². The number of nitrogens with one attached hydrogen (secondary N) is 1. The van der Waals surface area contributed by atoms with Gasteiger partial charge in [0.25, 0.3) is 5.88 Å². The Kier molecular flexibility index (Phi) is 6.12. The lowest BCUT2D eigenvalue weighted by molar-refractivity contribution is 0.256. The third-order valence-corrected chi connectivity index (χ3v) is 3.32. The molecule has 9 nitrogen and oxygen atoms in total. The topological polar surface area (TPSA) is 108 Å². The van der Waals surface area contributed by atoms with E-state index in [1.54, 1.807) is 7.05 Å². The Morgan fingerprint density at radius 2 is 2.16 bits per heavy atom. The Morgan fingerprint density at radius 3 is 2.88 bits per heavy atom. The van der Waals surface area contributed by atoms with E-state index >= 15 is 0 Å². The van der Waals surface area contributed by atoms with Crippen molar-refractivity contribution in [2.75, 3.05) is 20.2 Å². The van der Waals surface area contributed by atoms with Crippen LogP contribution in [0.15, 0.2) is 32.1 Å². The number of hydrogen-bond donors (Lipinski definition) is 1. The molecule has 0 spiro atoms. The van der Waals surface area contributed by atoms with Gasteiger partial charge in [-0.2, -0.15) is 0 Å². The van der Waals surface area contributed by atoms with Gasteiger partial charge in [-0.1, -0.05) is 16.8 Å². The highest BCUT2D eigenvalue weighted by Crippen LogP contribution is 2.27. The van der Waals surface area contributed by atoms with Crippen LogP contribution in [0.25, 0.3) is 17.2 Å². The van der Waals surface area contributed by atoms with Crippen LogP contribution in [0.5, 0.6) is 5.88 Å². The maximum Gasteiger partial charge on any atom is 0.446 e. The van der Waals surface area contributed by atoms with Crippen LogP contribution in [0.3, 0.4) is 0 Å². The smallest absolute Gasteiger partial charge is 0.446 e. The third-order valence-electron chi connectivity index (χ3n) is 3.03. The first-order valence-corrected chi connectivity index (χ1v) is 7.14. The molecule has 0 aliphatic rings. The first-order chi connectivity index (χ1) is 11.6. The second-order valence-electron chi connectivity index (χ2n) is 4.58. The van der Waals surface area contributed by atoms with Crippen LogP contribution in [0.1, 0.15) is 0 Å². The number of likely N-dealkylation sites (N-methyl/N-ethyl adjacent to an activating group) is 1. The normalized spacial score (nSPS) is 10.5. The molecule has 3 rings (SSSR count). The molecule has 0 fully saturated rings. The molecule has 2 heterocycles. The standard InChI is InChI=1S/C13H11ClFN5O4.ClH/c1-16-4-5-22-12-10(17-24-19-12)11-18-23-13(21)20(11)7-2-3-9(15)8(14)6-7;/h2-3,6,16H,4-5H2,1H3;1H. The molecule has 0 saturated carbocycles. The number of hydrogen-bond acceptors (Lipinski definition) is 8. The second-order valence-corrected chi connectivity index (χ2v) is 4.98. The molecular weight excluding hydrogens is 380 g/mol. The summed E-state index contributed by atoms with van der Waals surface area (Å²) in [5, 5.41) is 13.7. The fraction of sp³-hybridized carbons (Fsp3) is 0.231. The SMILES string of the molecule is CNCCOc1nonc1-c1noc(=O)n1-c1ccc(F)c(Cl)c1.Cl. The Bertz CT molecular complexity index is 910. The molecule has 134 valence electrons. The molecule has 0 bridgehead atoms. The average Bonchev–Trinajstić information content (AvgIpc) is 3.17. The van der Waals surface area contributed by atoms with E-state index in [1.807, 2.05) is 0 Å². The Morgan fingerprint density at radius 1 is 1.36 bits per heavy atom. The minimum Gasteiger partial charge on any atom is -0.472 e. The lowest BCUT2D eigenvalue weighted by atomic mass is 10.3. The highest BCUT2D eigenvalue weighted by Gasteiger charge is 2.24. The number of halogens is 3. The fourth-order valence-corrected chi connectivity index (χ4v) is 2.09. The molecule has 2 aromatic heterocycles. The lowest BCUT2D eigenvalue weighted by Gasteiger charge is -2.05. The molecule has 12 heteroatoms. The van der Waals surface area contributed by atoms with Gasteiger partial charge in [0.2, 0.25) is 11.5 Å². The van der Waals surface area contributed by atoms with Crippen molar-refractivity contribution in [2.24, 2.45) is 0 Å². The van der Waals surface area contributed by atoms with Crippen molar-refractivity contribution in [3.63, 3.8) is 0 Å². The molecule has 1 aromatic carbocycles. The summed E-state index contributed by atoms with van der Waals surface area (Å²) in [6, 6.07) is 3.72. The van der Waals surface area contributed by atoms with Gasteiger partial charge in [0.05, 0.1) is 10.7 Å². The summed E-state index contributed by atoms with van der Waals surface area (Å²) in [7, 11) is 1.76. The van der Waals surface area contributed by atoms with E-state index in [-0.39, 0.29) is 40.5 Å². The number of rotatable bonds is 6. The molecule has 0 unspecified atom stereocenters. The van der Waals surface area contributed by atoms with Crippen molar-refractivity contribution < 1.29 is 18.3 Å². The van der Waals surface area contributed by atoms with Crippen LogP contribution in [-0.2, 0) is 0 Å². The number of aromatic nitrogens is 4. The summed E-state index contributed by atoms with van der Waals surface area (Å²) in [4.78, 5) is 12.0. The third kappa shape index (κ3) is 3.81. The molecule has 0 atom stereocenters. The van der Waals surface area contributed by atoms with Crippen molar-refractivity contribution in [3.8, 4) is 23.1 Å².